The van der Waals surface area contributed by atoms with Gasteiger partial charge in [0.2, 0.25) is 0 Å². The van der Waals surface area contributed by atoms with Crippen LogP contribution in [0.25, 0.3) is 0 Å². The lowest BCUT2D eigenvalue weighted by Gasteiger charge is -2.22. The van der Waals surface area contributed by atoms with Crippen LogP contribution >= 0.6 is 0 Å². The van der Waals surface area contributed by atoms with E-state index < -0.39 is 5.97 Å². The van der Waals surface area contributed by atoms with E-state index in [4.69, 9.17) is 5.11 Å². The normalized spacial score (nSPS) is 12.1. The van der Waals surface area contributed by atoms with E-state index in [1.807, 2.05) is 0 Å². The lowest BCUT2D eigenvalue weighted by molar-refractivity contribution is -0.131. The molecule has 1 aromatic rings. The molecule has 1 aromatic carbocycles. The second kappa shape index (κ2) is 5.38. The van der Waals surface area contributed by atoms with Crippen molar-refractivity contribution in [3.05, 3.63) is 46.5 Å². The fraction of sp³-hybridized carbons (Fsp3) is 0.438. The third-order valence-electron chi connectivity index (χ3n) is 3.14. The van der Waals surface area contributed by atoms with Crippen molar-refractivity contribution in [3.8, 4) is 0 Å². The molecule has 0 heterocycles. The van der Waals surface area contributed by atoms with Gasteiger partial charge in [0, 0.05) is 6.08 Å². The minimum Gasteiger partial charge on any atom is -0.478 e. The maximum atomic E-state index is 10.5. The van der Waals surface area contributed by atoms with E-state index >= 15 is 0 Å². The van der Waals surface area contributed by atoms with Gasteiger partial charge in [0.15, 0.2) is 0 Å². The molecule has 0 unspecified atom stereocenters. The van der Waals surface area contributed by atoms with Crippen LogP contribution < -0.4 is 0 Å². The number of benzene rings is 1. The van der Waals surface area contributed by atoms with Crippen molar-refractivity contribution in [1.82, 2.24) is 0 Å². The fourth-order valence-corrected chi connectivity index (χ4v) is 2.03. The molecule has 2 nitrogen and oxygen atoms in total. The highest BCUT2D eigenvalue weighted by molar-refractivity contribution is 5.79. The number of hydrogen-bond donors (Lipinski definition) is 1. The van der Waals surface area contributed by atoms with E-state index in [-0.39, 0.29) is 5.41 Å². The van der Waals surface area contributed by atoms with Gasteiger partial charge in [-0.1, -0.05) is 39.0 Å². The molecule has 0 spiro atoms. The van der Waals surface area contributed by atoms with Crippen LogP contribution in [0.1, 0.15) is 43.0 Å². The average molecular weight is 246 g/mol. The van der Waals surface area contributed by atoms with Crippen LogP contribution in [0.3, 0.4) is 0 Å². The van der Waals surface area contributed by atoms with Crippen LogP contribution in [0.15, 0.2) is 24.3 Å². The zero-order chi connectivity index (χ0) is 13.9. The maximum absolute atomic E-state index is 10.5. The molecule has 0 aliphatic rings. The van der Waals surface area contributed by atoms with Crippen molar-refractivity contribution in [2.45, 2.75) is 46.5 Å². The van der Waals surface area contributed by atoms with E-state index in [9.17, 15) is 4.79 Å². The summed E-state index contributed by atoms with van der Waals surface area (Å²) < 4.78 is 0. The predicted molar refractivity (Wildman–Crippen MR) is 75.1 cm³/mol. The summed E-state index contributed by atoms with van der Waals surface area (Å²) in [6.45, 7) is 10.8. The molecule has 2 heteroatoms. The zero-order valence-electron chi connectivity index (χ0n) is 11.9. The van der Waals surface area contributed by atoms with E-state index in [1.54, 1.807) is 6.08 Å². The van der Waals surface area contributed by atoms with Gasteiger partial charge in [-0.25, -0.2) is 4.79 Å². The molecule has 1 rings (SSSR count). The van der Waals surface area contributed by atoms with Gasteiger partial charge in [-0.2, -0.15) is 0 Å². The van der Waals surface area contributed by atoms with Gasteiger partial charge in [-0.05, 0) is 47.9 Å². The zero-order valence-corrected chi connectivity index (χ0v) is 11.9. The molecule has 0 aliphatic heterocycles. The van der Waals surface area contributed by atoms with Crippen LogP contribution in [0, 0.1) is 13.8 Å². The summed E-state index contributed by atoms with van der Waals surface area (Å²) in [5.41, 5.74) is 5.15. The molecule has 0 fully saturated rings. The number of carboxylic acids is 1. The van der Waals surface area contributed by atoms with Gasteiger partial charge < -0.3 is 5.11 Å². The van der Waals surface area contributed by atoms with E-state index in [0.717, 1.165) is 0 Å². The topological polar surface area (TPSA) is 37.3 Å². The minimum absolute atomic E-state index is 0.144. The molecule has 0 saturated heterocycles. The van der Waals surface area contributed by atoms with Crippen molar-refractivity contribution >= 4 is 5.97 Å². The van der Waals surface area contributed by atoms with Gasteiger partial charge in [0.05, 0.1) is 0 Å². The number of rotatable bonds is 3. The number of allylic oxidation sites excluding steroid dienone is 1. The predicted octanol–water partition coefficient (Wildman–Crippen LogP) is 3.78. The molecule has 0 saturated carbocycles. The summed E-state index contributed by atoms with van der Waals surface area (Å²) >= 11 is 0. The molecule has 98 valence electrons. The summed E-state index contributed by atoms with van der Waals surface area (Å²) in [5.74, 6) is -0.892. The highest BCUT2D eigenvalue weighted by atomic mass is 16.4. The molecule has 1 N–H and O–H groups in total. The molecular formula is C16H22O2. The molecule has 0 aromatic heterocycles. The summed E-state index contributed by atoms with van der Waals surface area (Å²) in [5, 5.41) is 8.59. The number of aliphatic carboxylic acids is 1. The minimum atomic E-state index is -0.892. The summed E-state index contributed by atoms with van der Waals surface area (Å²) in [7, 11) is 0. The first-order valence-corrected chi connectivity index (χ1v) is 6.22. The third kappa shape index (κ3) is 3.73. The Kier molecular flexibility index (Phi) is 4.33. The van der Waals surface area contributed by atoms with E-state index in [2.05, 4.69) is 46.8 Å². The largest absolute Gasteiger partial charge is 0.478 e. The lowest BCUT2D eigenvalue weighted by atomic mass is 9.83. The molecule has 0 radical (unpaired) electrons. The highest BCUT2D eigenvalue weighted by Crippen LogP contribution is 2.27. The van der Waals surface area contributed by atoms with Crippen molar-refractivity contribution in [3.63, 3.8) is 0 Å². The second-order valence-electron chi connectivity index (χ2n) is 5.78. The lowest BCUT2D eigenvalue weighted by Crippen LogP contribution is -2.12. The molecular weight excluding hydrogens is 224 g/mol. The monoisotopic (exact) mass is 246 g/mol. The smallest absolute Gasteiger partial charge is 0.327 e. The van der Waals surface area contributed by atoms with Gasteiger partial charge >= 0.3 is 5.97 Å². The molecule has 0 aliphatic carbocycles. The van der Waals surface area contributed by atoms with Crippen LogP contribution in [0.2, 0.25) is 0 Å². The Morgan fingerprint density at radius 3 is 2.11 bits per heavy atom. The highest BCUT2D eigenvalue weighted by Gasteiger charge is 2.15. The van der Waals surface area contributed by atoms with E-state index in [1.165, 1.54) is 28.3 Å². The van der Waals surface area contributed by atoms with Crippen molar-refractivity contribution in [2.24, 2.45) is 0 Å². The quantitative estimate of drug-likeness (QED) is 0.824. The summed E-state index contributed by atoms with van der Waals surface area (Å²) in [6.07, 6.45) is 3.58. The van der Waals surface area contributed by atoms with Crippen molar-refractivity contribution in [2.75, 3.05) is 0 Å². The van der Waals surface area contributed by atoms with Crippen LogP contribution in [0.4, 0.5) is 0 Å². The first-order valence-electron chi connectivity index (χ1n) is 6.22. The fourth-order valence-electron chi connectivity index (χ4n) is 2.03. The molecule has 18 heavy (non-hydrogen) atoms. The first-order chi connectivity index (χ1) is 8.21. The van der Waals surface area contributed by atoms with Gasteiger partial charge in [0.25, 0.3) is 0 Å². The van der Waals surface area contributed by atoms with Crippen molar-refractivity contribution < 1.29 is 9.90 Å². The Morgan fingerprint density at radius 1 is 1.22 bits per heavy atom. The molecule has 0 atom stereocenters. The number of carboxylic acid groups (broad SMARTS) is 1. The summed E-state index contributed by atoms with van der Waals surface area (Å²) in [4.78, 5) is 10.5. The van der Waals surface area contributed by atoms with Crippen molar-refractivity contribution in [1.29, 1.82) is 0 Å². The number of aryl methyl sites for hydroxylation is 2. The van der Waals surface area contributed by atoms with Gasteiger partial charge in [-0.15, -0.1) is 0 Å². The Balaban J connectivity index is 3.06. The van der Waals surface area contributed by atoms with Crippen LogP contribution in [-0.2, 0) is 16.6 Å². The molecule has 0 amide bonds. The third-order valence-corrected chi connectivity index (χ3v) is 3.14. The van der Waals surface area contributed by atoms with Crippen LogP contribution in [0.5, 0.6) is 0 Å². The first kappa shape index (κ1) is 14.5. The SMILES string of the molecule is Cc1cc(C(C)(C)C)cc(C)c1C/C=C/C(=O)O. The summed E-state index contributed by atoms with van der Waals surface area (Å²) in [6, 6.07) is 4.41. The van der Waals surface area contributed by atoms with Gasteiger partial charge in [0.1, 0.15) is 0 Å². The number of hydrogen-bond acceptors (Lipinski definition) is 1. The van der Waals surface area contributed by atoms with E-state index in [0.29, 0.717) is 6.42 Å². The van der Waals surface area contributed by atoms with Gasteiger partial charge in [-0.3, -0.25) is 0 Å². The van der Waals surface area contributed by atoms with Crippen LogP contribution in [-0.4, -0.2) is 11.1 Å². The Morgan fingerprint density at radius 2 is 1.72 bits per heavy atom. The Labute approximate surface area is 109 Å². The standard InChI is InChI=1S/C16H22O2/c1-11-9-13(16(3,4)5)10-12(2)14(11)7-6-8-15(17)18/h6,8-10H,7H2,1-5H3,(H,17,18)/b8-6+. The number of carbonyl (C=O) groups is 1. The Hall–Kier alpha value is -1.57. The molecule has 0 bridgehead atoms. The maximum Gasteiger partial charge on any atom is 0.327 e. The second-order valence-corrected chi connectivity index (χ2v) is 5.78. The average Bonchev–Trinajstić information content (AvgIpc) is 2.20. The Bertz CT molecular complexity index is 453.